The van der Waals surface area contributed by atoms with E-state index in [1.54, 1.807) is 12.1 Å². The van der Waals surface area contributed by atoms with Gasteiger partial charge in [-0.05, 0) is 30.5 Å². The first-order valence-corrected chi connectivity index (χ1v) is 7.17. The van der Waals surface area contributed by atoms with Gasteiger partial charge in [-0.25, -0.2) is 14.4 Å². The van der Waals surface area contributed by atoms with Crippen molar-refractivity contribution in [2.24, 2.45) is 5.73 Å². The van der Waals surface area contributed by atoms with Crippen LogP contribution in [0.3, 0.4) is 0 Å². The zero-order chi connectivity index (χ0) is 16.2. The second kappa shape index (κ2) is 6.51. The molecule has 0 bridgehead atoms. The number of carbonyl (C=O) groups excluding carboxylic acids is 1. The van der Waals surface area contributed by atoms with E-state index in [-0.39, 0.29) is 11.4 Å². The number of halogens is 1. The number of rotatable bonds is 6. The van der Waals surface area contributed by atoms with E-state index in [1.165, 1.54) is 24.5 Å². The molecule has 0 unspecified atom stereocenters. The number of nitrogens with one attached hydrogen (secondary N) is 1. The number of aromatic nitrogens is 2. The molecule has 0 saturated heterocycles. The Morgan fingerprint density at radius 2 is 1.73 bits per heavy atom. The normalized spacial score (nSPS) is 11.2. The molecule has 0 radical (unpaired) electrons. The fourth-order valence-corrected chi connectivity index (χ4v) is 2.41. The molecule has 0 aliphatic rings. The lowest BCUT2D eigenvalue weighted by molar-refractivity contribution is 0.0999. The predicted octanol–water partition coefficient (Wildman–Crippen LogP) is 2.84. The monoisotopic (exact) mass is 302 g/mol. The summed E-state index contributed by atoms with van der Waals surface area (Å²) < 4.78 is 13.1. The molecular weight excluding hydrogens is 283 g/mol. The van der Waals surface area contributed by atoms with Crippen molar-refractivity contribution in [1.82, 2.24) is 9.97 Å². The predicted molar refractivity (Wildman–Crippen MR) is 82.8 cm³/mol. The molecule has 1 amide bonds. The summed E-state index contributed by atoms with van der Waals surface area (Å²) in [5.41, 5.74) is 5.99. The Bertz CT molecular complexity index is 636. The molecule has 2 rings (SSSR count). The standard InChI is InChI=1S/C16H19FN4O/c1-3-16(4-2,12-5-7-13(17)8-6-12)21-15-19-9-11(10-20-15)14(18)22/h5-10H,3-4H2,1-2H3,(H2,18,22)(H,19,20,21). The van der Waals surface area contributed by atoms with Gasteiger partial charge in [-0.2, -0.15) is 0 Å². The van der Waals surface area contributed by atoms with Crippen molar-refractivity contribution in [2.75, 3.05) is 5.32 Å². The molecule has 0 aliphatic heterocycles. The van der Waals surface area contributed by atoms with Gasteiger partial charge < -0.3 is 11.1 Å². The van der Waals surface area contributed by atoms with Gasteiger partial charge in [-0.15, -0.1) is 0 Å². The third kappa shape index (κ3) is 3.21. The number of nitrogens with two attached hydrogens (primary N) is 1. The maximum Gasteiger partial charge on any atom is 0.251 e. The second-order valence-electron chi connectivity index (χ2n) is 5.08. The zero-order valence-electron chi connectivity index (χ0n) is 12.6. The lowest BCUT2D eigenvalue weighted by atomic mass is 9.85. The van der Waals surface area contributed by atoms with Crippen LogP contribution in [-0.4, -0.2) is 15.9 Å². The van der Waals surface area contributed by atoms with Gasteiger partial charge in [0.2, 0.25) is 5.95 Å². The number of primary amides is 1. The number of hydrogen-bond acceptors (Lipinski definition) is 4. The fraction of sp³-hybridized carbons (Fsp3) is 0.312. The highest BCUT2D eigenvalue weighted by Gasteiger charge is 2.29. The van der Waals surface area contributed by atoms with Crippen molar-refractivity contribution >= 4 is 11.9 Å². The zero-order valence-corrected chi connectivity index (χ0v) is 12.6. The summed E-state index contributed by atoms with van der Waals surface area (Å²) in [7, 11) is 0. The van der Waals surface area contributed by atoms with E-state index < -0.39 is 11.4 Å². The Morgan fingerprint density at radius 3 is 2.18 bits per heavy atom. The van der Waals surface area contributed by atoms with Gasteiger partial charge in [0.05, 0.1) is 11.1 Å². The molecule has 116 valence electrons. The summed E-state index contributed by atoms with van der Waals surface area (Å²) in [6.45, 7) is 4.08. The first-order chi connectivity index (χ1) is 10.5. The van der Waals surface area contributed by atoms with E-state index in [0.29, 0.717) is 5.95 Å². The Kier molecular flexibility index (Phi) is 4.70. The highest BCUT2D eigenvalue weighted by molar-refractivity contribution is 5.92. The van der Waals surface area contributed by atoms with Gasteiger partial charge in [-0.1, -0.05) is 26.0 Å². The number of amides is 1. The van der Waals surface area contributed by atoms with E-state index in [9.17, 15) is 9.18 Å². The molecule has 22 heavy (non-hydrogen) atoms. The van der Waals surface area contributed by atoms with Gasteiger partial charge in [0, 0.05) is 12.4 Å². The van der Waals surface area contributed by atoms with Crippen LogP contribution in [0.2, 0.25) is 0 Å². The molecule has 0 atom stereocenters. The van der Waals surface area contributed by atoms with Crippen LogP contribution in [0.5, 0.6) is 0 Å². The summed E-state index contributed by atoms with van der Waals surface area (Å²) in [6.07, 6.45) is 4.32. The van der Waals surface area contributed by atoms with Crippen LogP contribution in [0, 0.1) is 5.82 Å². The maximum absolute atomic E-state index is 13.1. The molecule has 1 heterocycles. The largest absolute Gasteiger partial charge is 0.366 e. The number of benzene rings is 1. The van der Waals surface area contributed by atoms with Crippen molar-refractivity contribution in [3.63, 3.8) is 0 Å². The summed E-state index contributed by atoms with van der Waals surface area (Å²) in [6, 6.07) is 6.39. The number of carbonyl (C=O) groups is 1. The van der Waals surface area contributed by atoms with Crippen molar-refractivity contribution in [2.45, 2.75) is 32.2 Å². The highest BCUT2D eigenvalue weighted by Crippen LogP contribution is 2.32. The number of nitrogens with zero attached hydrogens (tertiary/aromatic N) is 2. The molecular formula is C16H19FN4O. The van der Waals surface area contributed by atoms with Gasteiger partial charge in [0.15, 0.2) is 0 Å². The van der Waals surface area contributed by atoms with Gasteiger partial charge >= 0.3 is 0 Å². The lowest BCUT2D eigenvalue weighted by Crippen LogP contribution is -2.35. The molecule has 0 spiro atoms. The highest BCUT2D eigenvalue weighted by atomic mass is 19.1. The molecule has 0 fully saturated rings. The molecule has 1 aromatic heterocycles. The third-order valence-electron chi connectivity index (χ3n) is 3.89. The maximum atomic E-state index is 13.1. The fourth-order valence-electron chi connectivity index (χ4n) is 2.41. The Morgan fingerprint density at radius 1 is 1.18 bits per heavy atom. The van der Waals surface area contributed by atoms with E-state index in [0.717, 1.165) is 18.4 Å². The van der Waals surface area contributed by atoms with Crippen LogP contribution in [0.25, 0.3) is 0 Å². The van der Waals surface area contributed by atoms with E-state index in [1.807, 2.05) is 13.8 Å². The van der Waals surface area contributed by atoms with Crippen molar-refractivity contribution in [3.8, 4) is 0 Å². The van der Waals surface area contributed by atoms with Crippen molar-refractivity contribution < 1.29 is 9.18 Å². The molecule has 0 aliphatic carbocycles. The SMILES string of the molecule is CCC(CC)(Nc1ncc(C(N)=O)cn1)c1ccc(F)cc1. The average molecular weight is 302 g/mol. The topological polar surface area (TPSA) is 80.9 Å². The second-order valence-corrected chi connectivity index (χ2v) is 5.08. The van der Waals surface area contributed by atoms with Crippen LogP contribution in [0.15, 0.2) is 36.7 Å². The Hall–Kier alpha value is -2.50. The van der Waals surface area contributed by atoms with E-state index >= 15 is 0 Å². The first-order valence-electron chi connectivity index (χ1n) is 7.17. The number of anilines is 1. The quantitative estimate of drug-likeness (QED) is 0.859. The van der Waals surface area contributed by atoms with Crippen LogP contribution in [0.4, 0.5) is 10.3 Å². The van der Waals surface area contributed by atoms with Crippen LogP contribution in [-0.2, 0) is 5.54 Å². The van der Waals surface area contributed by atoms with E-state index in [2.05, 4.69) is 15.3 Å². The smallest absolute Gasteiger partial charge is 0.251 e. The third-order valence-corrected chi connectivity index (χ3v) is 3.89. The lowest BCUT2D eigenvalue weighted by Gasteiger charge is -2.33. The molecule has 6 heteroatoms. The van der Waals surface area contributed by atoms with Crippen LogP contribution in [0.1, 0.15) is 42.6 Å². The van der Waals surface area contributed by atoms with Gasteiger partial charge in [0.1, 0.15) is 5.82 Å². The first kappa shape index (κ1) is 15.9. The van der Waals surface area contributed by atoms with Gasteiger partial charge in [-0.3, -0.25) is 4.79 Å². The average Bonchev–Trinajstić information content (AvgIpc) is 2.54. The molecule has 2 aromatic rings. The van der Waals surface area contributed by atoms with E-state index in [4.69, 9.17) is 5.73 Å². The summed E-state index contributed by atoms with van der Waals surface area (Å²) >= 11 is 0. The number of hydrogen-bond donors (Lipinski definition) is 2. The minimum atomic E-state index is -0.567. The van der Waals surface area contributed by atoms with Crippen LogP contribution >= 0.6 is 0 Å². The summed E-state index contributed by atoms with van der Waals surface area (Å²) in [5, 5.41) is 3.30. The minimum absolute atomic E-state index is 0.255. The van der Waals surface area contributed by atoms with Crippen LogP contribution < -0.4 is 11.1 Å². The Labute approximate surface area is 128 Å². The van der Waals surface area contributed by atoms with Gasteiger partial charge in [0.25, 0.3) is 5.91 Å². The Balaban J connectivity index is 2.31. The minimum Gasteiger partial charge on any atom is -0.366 e. The summed E-state index contributed by atoms with van der Waals surface area (Å²) in [5.74, 6) is -0.438. The molecule has 0 saturated carbocycles. The van der Waals surface area contributed by atoms with Crippen molar-refractivity contribution in [3.05, 3.63) is 53.6 Å². The molecule has 5 nitrogen and oxygen atoms in total. The molecule has 1 aromatic carbocycles. The van der Waals surface area contributed by atoms with Crippen molar-refractivity contribution in [1.29, 1.82) is 0 Å². The summed E-state index contributed by atoms with van der Waals surface area (Å²) in [4.78, 5) is 19.3. The molecule has 3 N–H and O–H groups in total.